The van der Waals surface area contributed by atoms with Gasteiger partial charge in [0.2, 0.25) is 6.79 Å². The number of hydrogen-bond donors (Lipinski definition) is 1. The van der Waals surface area contributed by atoms with Crippen molar-refractivity contribution in [3.63, 3.8) is 0 Å². The summed E-state index contributed by atoms with van der Waals surface area (Å²) in [6.07, 6.45) is 1.33. The van der Waals surface area contributed by atoms with E-state index in [4.69, 9.17) is 13.9 Å². The van der Waals surface area contributed by atoms with E-state index < -0.39 is 17.8 Å². The molecular weight excluding hydrogens is 378 g/mol. The van der Waals surface area contributed by atoms with Gasteiger partial charge in [0, 0.05) is 25.2 Å². The number of hydrogen-bond acceptors (Lipinski definition) is 7. The van der Waals surface area contributed by atoms with Crippen LogP contribution < -0.4 is 24.6 Å². The number of nitrogens with one attached hydrogen (secondary N) is 1. The number of rotatable bonds is 5. The number of carbonyl (C=O) groups is 3. The highest BCUT2D eigenvalue weighted by molar-refractivity contribution is 6.39. The molecule has 2 aliphatic rings. The van der Waals surface area contributed by atoms with Gasteiger partial charge < -0.3 is 18.8 Å². The number of urea groups is 1. The van der Waals surface area contributed by atoms with Crippen LogP contribution in [0.25, 0.3) is 6.08 Å². The normalized spacial score (nSPS) is 17.1. The van der Waals surface area contributed by atoms with Gasteiger partial charge in [-0.2, -0.15) is 0 Å². The SMILES string of the molecule is CCN(CC)c1ccc(/C=C2/C(=O)NC(=O)N(c3ccc4c(c3)OCO4)C2=O)o1. The highest BCUT2D eigenvalue weighted by Crippen LogP contribution is 2.36. The molecule has 0 unspecified atom stereocenters. The van der Waals surface area contributed by atoms with Gasteiger partial charge in [0.1, 0.15) is 11.3 Å². The van der Waals surface area contributed by atoms with Crippen LogP contribution in [-0.4, -0.2) is 37.7 Å². The zero-order valence-corrected chi connectivity index (χ0v) is 15.9. The lowest BCUT2D eigenvalue weighted by molar-refractivity contribution is -0.122. The van der Waals surface area contributed by atoms with E-state index in [-0.39, 0.29) is 18.1 Å². The van der Waals surface area contributed by atoms with Crippen molar-refractivity contribution in [1.82, 2.24) is 5.32 Å². The molecule has 1 fully saturated rings. The van der Waals surface area contributed by atoms with Crippen molar-refractivity contribution in [3.05, 3.63) is 41.7 Å². The van der Waals surface area contributed by atoms with E-state index in [1.54, 1.807) is 24.3 Å². The Morgan fingerprint density at radius 1 is 1.07 bits per heavy atom. The van der Waals surface area contributed by atoms with Crippen molar-refractivity contribution in [2.75, 3.05) is 29.7 Å². The van der Waals surface area contributed by atoms with Crippen molar-refractivity contribution >= 4 is 35.5 Å². The molecule has 0 atom stereocenters. The van der Waals surface area contributed by atoms with Gasteiger partial charge in [-0.3, -0.25) is 14.9 Å². The fraction of sp³-hybridized carbons (Fsp3) is 0.250. The standard InChI is InChI=1S/C20H19N3O6/c1-3-22(4-2)17-8-6-13(29-17)10-14-18(24)21-20(26)23(19(14)25)12-5-7-15-16(9-12)28-11-27-15/h5-10H,3-4,11H2,1-2H3,(H,21,24,26)/b14-10-. The number of benzene rings is 1. The summed E-state index contributed by atoms with van der Waals surface area (Å²) in [6.45, 7) is 5.57. The minimum absolute atomic E-state index is 0.0654. The van der Waals surface area contributed by atoms with Crippen molar-refractivity contribution in [3.8, 4) is 11.5 Å². The molecule has 1 saturated heterocycles. The molecule has 150 valence electrons. The third-order valence-electron chi connectivity index (χ3n) is 4.69. The van der Waals surface area contributed by atoms with Gasteiger partial charge in [-0.25, -0.2) is 9.69 Å². The Morgan fingerprint density at radius 3 is 2.59 bits per heavy atom. The van der Waals surface area contributed by atoms with Crippen molar-refractivity contribution < 1.29 is 28.3 Å². The predicted octanol–water partition coefficient (Wildman–Crippen LogP) is 2.52. The summed E-state index contributed by atoms with van der Waals surface area (Å²) < 4.78 is 16.3. The summed E-state index contributed by atoms with van der Waals surface area (Å²) in [5.41, 5.74) is 0.0566. The lowest BCUT2D eigenvalue weighted by Gasteiger charge is -2.26. The highest BCUT2D eigenvalue weighted by Gasteiger charge is 2.37. The maximum atomic E-state index is 13.0. The summed E-state index contributed by atoms with van der Waals surface area (Å²) in [5.74, 6) is 0.376. The fourth-order valence-electron chi connectivity index (χ4n) is 3.18. The van der Waals surface area contributed by atoms with Crippen LogP contribution >= 0.6 is 0 Å². The van der Waals surface area contributed by atoms with Crippen LogP contribution in [0.5, 0.6) is 11.5 Å². The lowest BCUT2D eigenvalue weighted by atomic mass is 10.1. The van der Waals surface area contributed by atoms with E-state index in [1.807, 2.05) is 18.7 Å². The van der Waals surface area contributed by atoms with Crippen LogP contribution in [-0.2, 0) is 9.59 Å². The van der Waals surface area contributed by atoms with Crippen LogP contribution in [0.1, 0.15) is 19.6 Å². The largest absolute Gasteiger partial charge is 0.454 e. The molecule has 3 heterocycles. The second-order valence-corrected chi connectivity index (χ2v) is 6.34. The summed E-state index contributed by atoms with van der Waals surface area (Å²) in [6, 6.07) is 7.26. The molecule has 1 aromatic heterocycles. The van der Waals surface area contributed by atoms with Gasteiger partial charge in [0.05, 0.1) is 5.69 Å². The number of ether oxygens (including phenoxy) is 2. The van der Waals surface area contributed by atoms with Gasteiger partial charge in [-0.15, -0.1) is 0 Å². The molecule has 1 N–H and O–H groups in total. The first-order chi connectivity index (χ1) is 14.0. The molecule has 0 radical (unpaired) electrons. The Kier molecular flexibility index (Phi) is 4.71. The van der Waals surface area contributed by atoms with Gasteiger partial charge >= 0.3 is 6.03 Å². The maximum absolute atomic E-state index is 13.0. The number of anilines is 2. The van der Waals surface area contributed by atoms with Crippen LogP contribution in [0.4, 0.5) is 16.4 Å². The van der Waals surface area contributed by atoms with Crippen LogP contribution in [0, 0.1) is 0 Å². The molecule has 4 rings (SSSR count). The minimum atomic E-state index is -0.834. The number of carbonyl (C=O) groups excluding carboxylic acids is 3. The monoisotopic (exact) mass is 397 g/mol. The number of imide groups is 2. The first-order valence-corrected chi connectivity index (χ1v) is 9.17. The first-order valence-electron chi connectivity index (χ1n) is 9.17. The Bertz CT molecular complexity index is 1020. The van der Waals surface area contributed by atoms with E-state index in [9.17, 15) is 14.4 Å². The number of amides is 4. The van der Waals surface area contributed by atoms with Gasteiger partial charge in [-0.1, -0.05) is 0 Å². The summed E-state index contributed by atoms with van der Waals surface area (Å²) in [7, 11) is 0. The summed E-state index contributed by atoms with van der Waals surface area (Å²) >= 11 is 0. The third-order valence-corrected chi connectivity index (χ3v) is 4.69. The minimum Gasteiger partial charge on any atom is -0.454 e. The van der Waals surface area contributed by atoms with Crippen LogP contribution in [0.3, 0.4) is 0 Å². The molecule has 2 aliphatic heterocycles. The quantitative estimate of drug-likeness (QED) is 0.611. The predicted molar refractivity (Wildman–Crippen MR) is 104 cm³/mol. The van der Waals surface area contributed by atoms with Crippen LogP contribution in [0.15, 0.2) is 40.3 Å². The fourth-order valence-corrected chi connectivity index (χ4v) is 3.18. The van der Waals surface area contributed by atoms with E-state index in [0.29, 0.717) is 23.1 Å². The van der Waals surface area contributed by atoms with Gasteiger partial charge in [0.25, 0.3) is 11.8 Å². The summed E-state index contributed by atoms with van der Waals surface area (Å²) in [4.78, 5) is 40.4. The van der Waals surface area contributed by atoms with E-state index >= 15 is 0 Å². The van der Waals surface area contributed by atoms with Crippen molar-refractivity contribution in [2.24, 2.45) is 0 Å². The zero-order valence-electron chi connectivity index (χ0n) is 15.9. The molecule has 4 amide bonds. The first kappa shape index (κ1) is 18.6. The highest BCUT2D eigenvalue weighted by atomic mass is 16.7. The van der Waals surface area contributed by atoms with Gasteiger partial charge in [-0.05, 0) is 38.1 Å². The average molecular weight is 397 g/mol. The number of nitrogens with zero attached hydrogens (tertiary/aromatic N) is 2. The van der Waals surface area contributed by atoms with E-state index in [0.717, 1.165) is 18.0 Å². The molecule has 1 aromatic carbocycles. The molecule has 2 aromatic rings. The molecule has 0 spiro atoms. The molecular formula is C20H19N3O6. The molecule has 0 bridgehead atoms. The second-order valence-electron chi connectivity index (χ2n) is 6.34. The van der Waals surface area contributed by atoms with Crippen LogP contribution in [0.2, 0.25) is 0 Å². The molecule has 9 heteroatoms. The number of barbiturate groups is 1. The molecule has 0 saturated carbocycles. The van der Waals surface area contributed by atoms with E-state index in [2.05, 4.69) is 5.32 Å². The summed E-state index contributed by atoms with van der Waals surface area (Å²) in [5, 5.41) is 2.18. The smallest absolute Gasteiger partial charge is 0.335 e. The maximum Gasteiger partial charge on any atom is 0.335 e. The topological polar surface area (TPSA) is 101 Å². The third kappa shape index (κ3) is 3.31. The van der Waals surface area contributed by atoms with Gasteiger partial charge in [0.15, 0.2) is 17.4 Å². The molecule has 0 aliphatic carbocycles. The Labute approximate surface area is 166 Å². The van der Waals surface area contributed by atoms with Crippen molar-refractivity contribution in [1.29, 1.82) is 0 Å². The Balaban J connectivity index is 1.66. The number of fused-ring (bicyclic) bond motifs is 1. The zero-order chi connectivity index (χ0) is 20.5. The van der Waals surface area contributed by atoms with Crippen molar-refractivity contribution in [2.45, 2.75) is 13.8 Å². The Hall–Kier alpha value is -3.75. The lowest BCUT2D eigenvalue weighted by Crippen LogP contribution is -2.54. The Morgan fingerprint density at radius 2 is 1.83 bits per heavy atom. The van der Waals surface area contributed by atoms with E-state index in [1.165, 1.54) is 12.1 Å². The second kappa shape index (κ2) is 7.34. The number of furan rings is 1. The molecule has 29 heavy (non-hydrogen) atoms. The molecule has 9 nitrogen and oxygen atoms in total. The average Bonchev–Trinajstić information content (AvgIpc) is 3.35.